The lowest BCUT2D eigenvalue weighted by Crippen LogP contribution is -2.32. The molecule has 3 heterocycles. The predicted molar refractivity (Wildman–Crippen MR) is 128 cm³/mol. The van der Waals surface area contributed by atoms with Gasteiger partial charge in [0.05, 0.1) is 22.7 Å². The van der Waals surface area contributed by atoms with Gasteiger partial charge < -0.3 is 14.4 Å². The Hall–Kier alpha value is -2.83. The first-order valence-corrected chi connectivity index (χ1v) is 11.4. The summed E-state index contributed by atoms with van der Waals surface area (Å²) in [6, 6.07) is 12.9. The second-order valence-corrected chi connectivity index (χ2v) is 9.05. The molecule has 1 saturated heterocycles. The SMILES string of the molecule is COc1ccc(C(=O)N2CC([C@H](C)Oc3ccc(C)cn3)[C@H](c3ccc(Cl)c(Cl)c3)C2)cn1. The van der Waals surface area contributed by atoms with Crippen LogP contribution in [-0.2, 0) is 0 Å². The Balaban J connectivity index is 1.60. The Bertz CT molecular complexity index is 1120. The molecule has 1 aromatic carbocycles. The maximum atomic E-state index is 13.3. The molecule has 1 fully saturated rings. The van der Waals surface area contributed by atoms with Gasteiger partial charge >= 0.3 is 0 Å². The Labute approximate surface area is 203 Å². The van der Waals surface area contributed by atoms with E-state index in [1.54, 1.807) is 37.7 Å². The summed E-state index contributed by atoms with van der Waals surface area (Å²) in [5, 5.41) is 0.992. The number of methoxy groups -OCH3 is 1. The van der Waals surface area contributed by atoms with Gasteiger partial charge in [0.2, 0.25) is 11.8 Å². The minimum Gasteiger partial charge on any atom is -0.481 e. The van der Waals surface area contributed by atoms with Crippen LogP contribution in [0.1, 0.15) is 34.3 Å². The normalized spacial score (nSPS) is 18.8. The number of carbonyl (C=O) groups excluding carboxylic acids is 1. The molecule has 2 aromatic heterocycles. The number of hydrogen-bond acceptors (Lipinski definition) is 5. The highest BCUT2D eigenvalue weighted by molar-refractivity contribution is 6.42. The summed E-state index contributed by atoms with van der Waals surface area (Å²) in [4.78, 5) is 23.6. The molecule has 3 aromatic rings. The fourth-order valence-corrected chi connectivity index (χ4v) is 4.48. The predicted octanol–water partition coefficient (Wildman–Crippen LogP) is 5.42. The summed E-state index contributed by atoms with van der Waals surface area (Å²) in [5.74, 6) is 0.992. The number of aromatic nitrogens is 2. The first-order valence-electron chi connectivity index (χ1n) is 10.7. The average molecular weight is 486 g/mol. The molecule has 1 aliphatic heterocycles. The largest absolute Gasteiger partial charge is 0.481 e. The Morgan fingerprint density at radius 3 is 2.42 bits per heavy atom. The van der Waals surface area contributed by atoms with Crippen molar-refractivity contribution in [3.63, 3.8) is 0 Å². The van der Waals surface area contributed by atoms with Gasteiger partial charge in [0.25, 0.3) is 5.91 Å². The molecule has 3 atom stereocenters. The average Bonchev–Trinajstić information content (AvgIpc) is 3.27. The number of rotatable bonds is 6. The maximum Gasteiger partial charge on any atom is 0.255 e. The number of carbonyl (C=O) groups is 1. The van der Waals surface area contributed by atoms with Gasteiger partial charge in [-0.3, -0.25) is 4.79 Å². The lowest BCUT2D eigenvalue weighted by Gasteiger charge is -2.25. The van der Waals surface area contributed by atoms with Crippen molar-refractivity contribution in [1.82, 2.24) is 14.9 Å². The molecule has 8 heteroatoms. The third kappa shape index (κ3) is 5.23. The highest BCUT2D eigenvalue weighted by Gasteiger charge is 2.40. The third-order valence-electron chi connectivity index (χ3n) is 6.01. The Morgan fingerprint density at radius 1 is 1.03 bits per heavy atom. The van der Waals surface area contributed by atoms with Crippen molar-refractivity contribution < 1.29 is 14.3 Å². The van der Waals surface area contributed by atoms with Crippen molar-refractivity contribution in [2.24, 2.45) is 5.92 Å². The number of nitrogens with zero attached hydrogens (tertiary/aromatic N) is 3. The van der Waals surface area contributed by atoms with Crippen LogP contribution in [0.5, 0.6) is 11.8 Å². The number of halogens is 2. The lowest BCUT2D eigenvalue weighted by molar-refractivity contribution is 0.0769. The van der Waals surface area contributed by atoms with E-state index in [4.69, 9.17) is 32.7 Å². The molecule has 0 radical (unpaired) electrons. The zero-order valence-corrected chi connectivity index (χ0v) is 20.2. The van der Waals surface area contributed by atoms with Gasteiger partial charge in [-0.2, -0.15) is 0 Å². The van der Waals surface area contributed by atoms with Crippen LogP contribution >= 0.6 is 23.2 Å². The Kier molecular flexibility index (Phi) is 7.05. The van der Waals surface area contributed by atoms with E-state index >= 15 is 0 Å². The summed E-state index contributed by atoms with van der Waals surface area (Å²) < 4.78 is 11.3. The van der Waals surface area contributed by atoms with Crippen molar-refractivity contribution in [3.05, 3.63) is 81.6 Å². The van der Waals surface area contributed by atoms with Gasteiger partial charge in [0.1, 0.15) is 6.10 Å². The summed E-state index contributed by atoms with van der Waals surface area (Å²) >= 11 is 12.5. The van der Waals surface area contributed by atoms with E-state index in [1.165, 1.54) is 0 Å². The second kappa shape index (κ2) is 9.98. The van der Waals surface area contributed by atoms with E-state index in [0.717, 1.165) is 11.1 Å². The van der Waals surface area contributed by atoms with E-state index in [-0.39, 0.29) is 23.8 Å². The molecule has 6 nitrogen and oxygen atoms in total. The first-order chi connectivity index (χ1) is 15.9. The van der Waals surface area contributed by atoms with Crippen LogP contribution in [0.25, 0.3) is 0 Å². The van der Waals surface area contributed by atoms with Gasteiger partial charge in [-0.25, -0.2) is 9.97 Å². The molecule has 172 valence electrons. The van der Waals surface area contributed by atoms with Crippen LogP contribution in [0.3, 0.4) is 0 Å². The second-order valence-electron chi connectivity index (χ2n) is 8.24. The molecule has 4 rings (SSSR count). The number of likely N-dealkylation sites (tertiary alicyclic amines) is 1. The third-order valence-corrected chi connectivity index (χ3v) is 6.75. The van der Waals surface area contributed by atoms with E-state index in [0.29, 0.717) is 40.5 Å². The number of pyridine rings is 2. The number of ether oxygens (including phenoxy) is 2. The number of hydrogen-bond donors (Lipinski definition) is 0. The van der Waals surface area contributed by atoms with Crippen LogP contribution in [0.15, 0.2) is 54.9 Å². The maximum absolute atomic E-state index is 13.3. The van der Waals surface area contributed by atoms with Crippen molar-refractivity contribution >= 4 is 29.1 Å². The fourth-order valence-electron chi connectivity index (χ4n) is 4.18. The van der Waals surface area contributed by atoms with Crippen LogP contribution in [0.4, 0.5) is 0 Å². The molecule has 0 bridgehead atoms. The number of amides is 1. The van der Waals surface area contributed by atoms with Gasteiger partial charge in [0, 0.05) is 49.5 Å². The van der Waals surface area contributed by atoms with E-state index < -0.39 is 0 Å². The number of aryl methyl sites for hydroxylation is 1. The van der Waals surface area contributed by atoms with Crippen molar-refractivity contribution in [2.45, 2.75) is 25.9 Å². The Morgan fingerprint density at radius 2 is 1.79 bits per heavy atom. The van der Waals surface area contributed by atoms with Crippen molar-refractivity contribution in [2.75, 3.05) is 20.2 Å². The number of benzene rings is 1. The summed E-state index contributed by atoms with van der Waals surface area (Å²) in [5.41, 5.74) is 2.59. The highest BCUT2D eigenvalue weighted by atomic mass is 35.5. The van der Waals surface area contributed by atoms with E-state index in [2.05, 4.69) is 9.97 Å². The first kappa shape index (κ1) is 23.3. The van der Waals surface area contributed by atoms with Crippen LogP contribution in [-0.4, -0.2) is 47.1 Å². The molecule has 0 N–H and O–H groups in total. The van der Waals surface area contributed by atoms with Crippen LogP contribution in [0.2, 0.25) is 10.0 Å². The van der Waals surface area contributed by atoms with Crippen molar-refractivity contribution in [1.29, 1.82) is 0 Å². The molecule has 0 spiro atoms. The van der Waals surface area contributed by atoms with Crippen molar-refractivity contribution in [3.8, 4) is 11.8 Å². The molecular formula is C25H25Cl2N3O3. The quantitative estimate of drug-likeness (QED) is 0.466. The summed E-state index contributed by atoms with van der Waals surface area (Å²) in [6.07, 6.45) is 3.13. The topological polar surface area (TPSA) is 64.5 Å². The lowest BCUT2D eigenvalue weighted by atomic mass is 9.86. The van der Waals surface area contributed by atoms with Gasteiger partial charge in [-0.05, 0) is 43.2 Å². The minimum atomic E-state index is -0.188. The highest BCUT2D eigenvalue weighted by Crippen LogP contribution is 2.38. The molecule has 1 unspecified atom stereocenters. The molecule has 33 heavy (non-hydrogen) atoms. The molecular weight excluding hydrogens is 461 g/mol. The monoisotopic (exact) mass is 485 g/mol. The van der Waals surface area contributed by atoms with E-state index in [1.807, 2.05) is 43.0 Å². The smallest absolute Gasteiger partial charge is 0.255 e. The molecule has 0 aliphatic carbocycles. The van der Waals surface area contributed by atoms with E-state index in [9.17, 15) is 4.79 Å². The summed E-state index contributed by atoms with van der Waals surface area (Å²) in [7, 11) is 1.54. The standard InChI is InChI=1S/C25H25Cl2N3O3/c1-15-4-8-24(28-11-15)33-16(2)19-13-30(25(31)18-6-9-23(32-3)29-12-18)14-20(19)17-5-7-21(26)22(27)10-17/h4-12,16,19-20H,13-14H2,1-3H3/t16-,19?,20-/m0/s1. The molecule has 1 aliphatic rings. The minimum absolute atomic E-state index is 0.0235. The molecule has 1 amide bonds. The zero-order chi connectivity index (χ0) is 23.5. The zero-order valence-electron chi connectivity index (χ0n) is 18.7. The van der Waals surface area contributed by atoms with Gasteiger partial charge in [-0.1, -0.05) is 35.3 Å². The van der Waals surface area contributed by atoms with Gasteiger partial charge in [-0.15, -0.1) is 0 Å². The van der Waals surface area contributed by atoms with Crippen LogP contribution in [0, 0.1) is 12.8 Å². The van der Waals surface area contributed by atoms with Gasteiger partial charge in [0.15, 0.2) is 0 Å². The fraction of sp³-hybridized carbons (Fsp3) is 0.320. The summed E-state index contributed by atoms with van der Waals surface area (Å²) in [6.45, 7) is 5.06. The van der Waals surface area contributed by atoms with Crippen LogP contribution < -0.4 is 9.47 Å². The molecule has 0 saturated carbocycles.